The van der Waals surface area contributed by atoms with Crippen molar-refractivity contribution in [3.05, 3.63) is 86.9 Å². The fourth-order valence-corrected chi connectivity index (χ4v) is 4.03. The molecular weight excluding hydrogens is 493 g/mol. The molecule has 0 saturated heterocycles. The SMILES string of the molecule is CC1=C(OC(=O)OC(C)C)C(c2cccc(Cl)c2Cl)C(C(=O)OCCOc2ccccc2)=C(C)N1. The van der Waals surface area contributed by atoms with Crippen molar-refractivity contribution in [1.82, 2.24) is 5.32 Å². The molecule has 9 heteroatoms. The minimum Gasteiger partial charge on any atom is -0.490 e. The third kappa shape index (κ3) is 6.71. The summed E-state index contributed by atoms with van der Waals surface area (Å²) in [6, 6.07) is 14.3. The van der Waals surface area contributed by atoms with Crippen LogP contribution in [0.4, 0.5) is 4.79 Å². The quantitative estimate of drug-likeness (QED) is 0.320. The van der Waals surface area contributed by atoms with Crippen molar-refractivity contribution in [3.63, 3.8) is 0 Å². The van der Waals surface area contributed by atoms with Gasteiger partial charge in [0.2, 0.25) is 0 Å². The van der Waals surface area contributed by atoms with Gasteiger partial charge < -0.3 is 24.3 Å². The molecule has 0 fully saturated rings. The highest BCUT2D eigenvalue weighted by Crippen LogP contribution is 2.43. The van der Waals surface area contributed by atoms with Crippen molar-refractivity contribution in [2.75, 3.05) is 13.2 Å². The summed E-state index contributed by atoms with van der Waals surface area (Å²) in [5, 5.41) is 3.62. The maximum atomic E-state index is 13.3. The summed E-state index contributed by atoms with van der Waals surface area (Å²) < 4.78 is 21.8. The van der Waals surface area contributed by atoms with Gasteiger partial charge in [-0.1, -0.05) is 53.5 Å². The van der Waals surface area contributed by atoms with Gasteiger partial charge in [0.05, 0.1) is 33.3 Å². The number of halogens is 2. The fourth-order valence-electron chi connectivity index (χ4n) is 3.62. The van der Waals surface area contributed by atoms with Gasteiger partial charge in [-0.3, -0.25) is 0 Å². The van der Waals surface area contributed by atoms with Crippen LogP contribution in [-0.2, 0) is 19.0 Å². The van der Waals surface area contributed by atoms with Crippen molar-refractivity contribution in [2.24, 2.45) is 0 Å². The van der Waals surface area contributed by atoms with Gasteiger partial charge in [0, 0.05) is 5.70 Å². The monoisotopic (exact) mass is 519 g/mol. The van der Waals surface area contributed by atoms with Gasteiger partial charge in [-0.25, -0.2) is 9.59 Å². The Labute approximate surface area is 214 Å². The average molecular weight is 520 g/mol. The van der Waals surface area contributed by atoms with Crippen LogP contribution in [0.1, 0.15) is 39.2 Å². The smallest absolute Gasteiger partial charge is 0.490 e. The van der Waals surface area contributed by atoms with E-state index in [9.17, 15) is 9.59 Å². The molecule has 0 saturated carbocycles. The van der Waals surface area contributed by atoms with Crippen LogP contribution < -0.4 is 10.1 Å². The van der Waals surface area contributed by atoms with E-state index in [1.165, 1.54) is 0 Å². The third-order valence-electron chi connectivity index (χ3n) is 5.07. The van der Waals surface area contributed by atoms with Crippen molar-refractivity contribution >= 4 is 35.3 Å². The van der Waals surface area contributed by atoms with E-state index in [0.29, 0.717) is 27.7 Å². The zero-order chi connectivity index (χ0) is 25.5. The van der Waals surface area contributed by atoms with E-state index in [1.807, 2.05) is 30.3 Å². The molecule has 0 amide bonds. The maximum absolute atomic E-state index is 13.3. The van der Waals surface area contributed by atoms with E-state index >= 15 is 0 Å². The van der Waals surface area contributed by atoms with E-state index in [0.717, 1.165) is 0 Å². The normalized spacial score (nSPS) is 15.6. The lowest BCUT2D eigenvalue weighted by Gasteiger charge is -2.31. The first-order chi connectivity index (χ1) is 16.7. The van der Waals surface area contributed by atoms with Crippen LogP contribution in [-0.4, -0.2) is 31.4 Å². The highest BCUT2D eigenvalue weighted by molar-refractivity contribution is 6.42. The van der Waals surface area contributed by atoms with E-state index in [-0.39, 0.29) is 35.7 Å². The summed E-state index contributed by atoms with van der Waals surface area (Å²) in [4.78, 5) is 25.7. The number of rotatable bonds is 8. The molecule has 1 atom stereocenters. The molecule has 0 aliphatic carbocycles. The molecular formula is C26H27Cl2NO6. The highest BCUT2D eigenvalue weighted by atomic mass is 35.5. The zero-order valence-corrected chi connectivity index (χ0v) is 21.4. The molecule has 35 heavy (non-hydrogen) atoms. The number of para-hydroxylation sites is 1. The topological polar surface area (TPSA) is 83.1 Å². The van der Waals surface area contributed by atoms with Gasteiger partial charge in [-0.15, -0.1) is 0 Å². The van der Waals surface area contributed by atoms with Crippen LogP contribution >= 0.6 is 23.2 Å². The van der Waals surface area contributed by atoms with Crippen LogP contribution in [0.25, 0.3) is 0 Å². The minimum atomic E-state index is -0.900. The van der Waals surface area contributed by atoms with Crippen molar-refractivity contribution in [1.29, 1.82) is 0 Å². The number of nitrogens with one attached hydrogen (secondary N) is 1. The number of carbonyl (C=O) groups excluding carboxylic acids is 2. The molecule has 1 heterocycles. The molecule has 1 aliphatic rings. The average Bonchev–Trinajstić information content (AvgIpc) is 2.80. The standard InChI is InChI=1S/C26H27Cl2NO6/c1-15(2)34-26(31)35-24-17(4)29-16(3)21(22(24)19-11-8-12-20(27)23(19)28)25(30)33-14-13-32-18-9-6-5-7-10-18/h5-12,15,22,29H,13-14H2,1-4H3. The van der Waals surface area contributed by atoms with Gasteiger partial charge in [0.25, 0.3) is 0 Å². The van der Waals surface area contributed by atoms with Gasteiger partial charge >= 0.3 is 12.1 Å². The Balaban J connectivity index is 1.88. The number of esters is 1. The second kappa shape index (κ2) is 12.0. The molecule has 0 bridgehead atoms. The van der Waals surface area contributed by atoms with E-state index in [4.69, 9.17) is 42.1 Å². The zero-order valence-electron chi connectivity index (χ0n) is 19.9. The first kappa shape index (κ1) is 26.4. The summed E-state index contributed by atoms with van der Waals surface area (Å²) in [5.74, 6) is -0.638. The molecule has 1 aliphatic heterocycles. The predicted molar refractivity (Wildman–Crippen MR) is 133 cm³/mol. The lowest BCUT2D eigenvalue weighted by atomic mass is 9.85. The van der Waals surface area contributed by atoms with Crippen LogP contribution in [0.2, 0.25) is 10.0 Å². The van der Waals surface area contributed by atoms with Gasteiger partial charge in [-0.2, -0.15) is 0 Å². The summed E-state index contributed by atoms with van der Waals surface area (Å²) in [6.45, 7) is 7.04. The largest absolute Gasteiger partial charge is 0.513 e. The Kier molecular flexibility index (Phi) is 9.07. The first-order valence-electron chi connectivity index (χ1n) is 11.0. The molecule has 1 unspecified atom stereocenters. The molecule has 0 radical (unpaired) electrons. The highest BCUT2D eigenvalue weighted by Gasteiger charge is 2.38. The molecule has 3 rings (SSSR count). The Morgan fingerprint density at radius 2 is 1.69 bits per heavy atom. The number of dihydropyridines is 1. The van der Waals surface area contributed by atoms with Crippen molar-refractivity contribution in [2.45, 2.75) is 39.7 Å². The second-order valence-corrected chi connectivity index (χ2v) is 8.83. The summed E-state index contributed by atoms with van der Waals surface area (Å²) in [7, 11) is 0. The molecule has 7 nitrogen and oxygen atoms in total. The maximum Gasteiger partial charge on any atom is 0.513 e. The van der Waals surface area contributed by atoms with E-state index in [2.05, 4.69) is 5.32 Å². The van der Waals surface area contributed by atoms with Crippen molar-refractivity contribution < 1.29 is 28.5 Å². The summed E-state index contributed by atoms with van der Waals surface area (Å²) in [6.07, 6.45) is -1.29. The van der Waals surface area contributed by atoms with E-state index < -0.39 is 18.0 Å². The Morgan fingerprint density at radius 1 is 0.971 bits per heavy atom. The Hall–Kier alpha value is -3.16. The lowest BCUT2D eigenvalue weighted by molar-refractivity contribution is -0.140. The van der Waals surface area contributed by atoms with Crippen LogP contribution in [0.5, 0.6) is 5.75 Å². The van der Waals surface area contributed by atoms with E-state index in [1.54, 1.807) is 45.9 Å². The number of ether oxygens (including phenoxy) is 4. The first-order valence-corrected chi connectivity index (χ1v) is 11.8. The summed E-state index contributed by atoms with van der Waals surface area (Å²) in [5.41, 5.74) is 1.77. The Morgan fingerprint density at radius 3 is 2.37 bits per heavy atom. The molecule has 0 aromatic heterocycles. The molecule has 0 spiro atoms. The minimum absolute atomic E-state index is 0.00871. The van der Waals surface area contributed by atoms with Crippen LogP contribution in [0, 0.1) is 0 Å². The van der Waals surface area contributed by atoms with Crippen molar-refractivity contribution in [3.8, 4) is 5.75 Å². The molecule has 2 aromatic carbocycles. The fraction of sp³-hybridized carbons (Fsp3) is 0.308. The molecule has 2 aromatic rings. The molecule has 186 valence electrons. The molecule has 1 N–H and O–H groups in total. The van der Waals surface area contributed by atoms with Crippen LogP contribution in [0.3, 0.4) is 0 Å². The summed E-state index contributed by atoms with van der Waals surface area (Å²) >= 11 is 12.8. The Bertz CT molecular complexity index is 1140. The predicted octanol–water partition coefficient (Wildman–Crippen LogP) is 6.37. The van der Waals surface area contributed by atoms with Gasteiger partial charge in [-0.05, 0) is 51.5 Å². The number of hydrogen-bond donors (Lipinski definition) is 1. The van der Waals surface area contributed by atoms with Gasteiger partial charge in [0.1, 0.15) is 24.7 Å². The lowest BCUT2D eigenvalue weighted by Crippen LogP contribution is -2.31. The van der Waals surface area contributed by atoms with Crippen LogP contribution in [0.15, 0.2) is 71.3 Å². The third-order valence-corrected chi connectivity index (χ3v) is 5.90. The van der Waals surface area contributed by atoms with Gasteiger partial charge in [0.15, 0.2) is 0 Å². The number of hydrogen-bond acceptors (Lipinski definition) is 7. The second-order valence-electron chi connectivity index (χ2n) is 8.05. The number of allylic oxidation sites excluding steroid dienone is 3. The number of carbonyl (C=O) groups is 2. The number of benzene rings is 2.